The van der Waals surface area contributed by atoms with Crippen molar-refractivity contribution in [3.05, 3.63) is 101 Å². The molecule has 0 fully saturated rings. The highest BCUT2D eigenvalue weighted by Crippen LogP contribution is 2.18. The van der Waals surface area contributed by atoms with Gasteiger partial charge in [0.15, 0.2) is 6.61 Å². The van der Waals surface area contributed by atoms with Crippen molar-refractivity contribution in [2.24, 2.45) is 0 Å². The van der Waals surface area contributed by atoms with E-state index in [4.69, 9.17) is 16.3 Å². The van der Waals surface area contributed by atoms with Gasteiger partial charge in [-0.1, -0.05) is 61.0 Å². The lowest BCUT2D eigenvalue weighted by Gasteiger charge is -2.32. The molecule has 0 aromatic heterocycles. The van der Waals surface area contributed by atoms with Crippen LogP contribution in [0.3, 0.4) is 0 Å². The van der Waals surface area contributed by atoms with Crippen molar-refractivity contribution in [1.82, 2.24) is 10.2 Å². The Morgan fingerprint density at radius 1 is 0.971 bits per heavy atom. The summed E-state index contributed by atoms with van der Waals surface area (Å²) in [6.45, 7) is 3.83. The molecule has 7 heteroatoms. The summed E-state index contributed by atoms with van der Waals surface area (Å²) in [6.07, 6.45) is 1.11. The third-order valence-electron chi connectivity index (χ3n) is 5.71. The number of carbonyl (C=O) groups excluding carboxylic acids is 2. The van der Waals surface area contributed by atoms with Crippen LogP contribution in [0.5, 0.6) is 5.75 Å². The maximum absolute atomic E-state index is 13.5. The normalized spacial score (nSPS) is 12.5. The van der Waals surface area contributed by atoms with Crippen LogP contribution in [-0.2, 0) is 22.6 Å². The Hall–Kier alpha value is -3.38. The third-order valence-corrected chi connectivity index (χ3v) is 5.97. The van der Waals surface area contributed by atoms with Crippen LogP contribution >= 0.6 is 11.6 Å². The topological polar surface area (TPSA) is 58.6 Å². The summed E-state index contributed by atoms with van der Waals surface area (Å²) in [7, 11) is 0. The number of ether oxygens (including phenoxy) is 1. The van der Waals surface area contributed by atoms with Crippen LogP contribution in [0.15, 0.2) is 78.9 Å². The highest BCUT2D eigenvalue weighted by Gasteiger charge is 2.31. The first-order chi connectivity index (χ1) is 16.9. The molecule has 5 nitrogen and oxygen atoms in total. The van der Waals surface area contributed by atoms with E-state index in [2.05, 4.69) is 5.32 Å². The molecule has 0 saturated carbocycles. The van der Waals surface area contributed by atoms with Crippen molar-refractivity contribution in [2.45, 2.75) is 45.3 Å². The van der Waals surface area contributed by atoms with Crippen LogP contribution in [0, 0.1) is 5.82 Å². The van der Waals surface area contributed by atoms with Crippen LogP contribution in [0.4, 0.5) is 4.39 Å². The van der Waals surface area contributed by atoms with Crippen LogP contribution in [-0.4, -0.2) is 35.4 Å². The van der Waals surface area contributed by atoms with Gasteiger partial charge in [-0.15, -0.1) is 0 Å². The monoisotopic (exact) mass is 496 g/mol. The van der Waals surface area contributed by atoms with Gasteiger partial charge in [0.1, 0.15) is 17.6 Å². The molecule has 2 atom stereocenters. The molecule has 0 heterocycles. The van der Waals surface area contributed by atoms with E-state index in [0.29, 0.717) is 17.2 Å². The largest absolute Gasteiger partial charge is 0.484 e. The van der Waals surface area contributed by atoms with E-state index < -0.39 is 11.9 Å². The Balaban J connectivity index is 1.89. The van der Waals surface area contributed by atoms with E-state index in [1.807, 2.05) is 56.3 Å². The summed E-state index contributed by atoms with van der Waals surface area (Å²) < 4.78 is 18.9. The van der Waals surface area contributed by atoms with Crippen LogP contribution in [0.1, 0.15) is 31.4 Å². The fraction of sp³-hybridized carbons (Fsp3) is 0.286. The molecule has 0 aliphatic rings. The van der Waals surface area contributed by atoms with Gasteiger partial charge in [0.05, 0.1) is 0 Å². The summed E-state index contributed by atoms with van der Waals surface area (Å²) in [5, 5.41) is 3.61. The van der Waals surface area contributed by atoms with E-state index in [0.717, 1.165) is 17.5 Å². The van der Waals surface area contributed by atoms with Crippen LogP contribution in [0.2, 0.25) is 5.02 Å². The molecule has 0 spiro atoms. The lowest BCUT2D eigenvalue weighted by Crippen LogP contribution is -2.53. The molecule has 3 aromatic rings. The molecule has 2 amide bonds. The Morgan fingerprint density at radius 2 is 1.63 bits per heavy atom. The maximum Gasteiger partial charge on any atom is 0.261 e. The summed E-state index contributed by atoms with van der Waals surface area (Å²) >= 11 is 6.04. The Labute approximate surface area is 210 Å². The van der Waals surface area contributed by atoms with Gasteiger partial charge in [-0.05, 0) is 60.9 Å². The number of benzene rings is 3. The van der Waals surface area contributed by atoms with Crippen LogP contribution in [0.25, 0.3) is 0 Å². The number of hydrogen-bond donors (Lipinski definition) is 1. The molecule has 0 aliphatic heterocycles. The van der Waals surface area contributed by atoms with Gasteiger partial charge in [0.2, 0.25) is 5.91 Å². The van der Waals surface area contributed by atoms with Crippen molar-refractivity contribution in [3.63, 3.8) is 0 Å². The maximum atomic E-state index is 13.5. The van der Waals surface area contributed by atoms with Crippen LogP contribution < -0.4 is 10.1 Å². The average molecular weight is 497 g/mol. The summed E-state index contributed by atoms with van der Waals surface area (Å²) in [5.41, 5.74) is 1.77. The lowest BCUT2D eigenvalue weighted by molar-refractivity contribution is -0.143. The minimum Gasteiger partial charge on any atom is -0.484 e. The SMILES string of the molecule is CC[C@@H](C)NC(=O)[C@H](Cc1ccccc1)N(Cc1ccc(Cl)cc1)C(=O)COc1ccc(F)cc1. The third kappa shape index (κ3) is 8.11. The summed E-state index contributed by atoms with van der Waals surface area (Å²) in [6, 6.07) is 21.4. The quantitative estimate of drug-likeness (QED) is 0.386. The van der Waals surface area contributed by atoms with Crippen molar-refractivity contribution in [3.8, 4) is 5.75 Å². The zero-order chi connectivity index (χ0) is 25.2. The number of hydrogen-bond acceptors (Lipinski definition) is 3. The highest BCUT2D eigenvalue weighted by atomic mass is 35.5. The van der Waals surface area contributed by atoms with Gasteiger partial charge < -0.3 is 15.0 Å². The molecule has 0 saturated heterocycles. The fourth-order valence-electron chi connectivity index (χ4n) is 3.54. The molecular formula is C28H30ClFN2O3. The van der Waals surface area contributed by atoms with Gasteiger partial charge >= 0.3 is 0 Å². The number of nitrogens with one attached hydrogen (secondary N) is 1. The van der Waals surface area contributed by atoms with Crippen molar-refractivity contribution in [1.29, 1.82) is 0 Å². The van der Waals surface area contributed by atoms with E-state index in [1.54, 1.807) is 12.1 Å². The van der Waals surface area contributed by atoms with Gasteiger partial charge in [-0.25, -0.2) is 4.39 Å². The summed E-state index contributed by atoms with van der Waals surface area (Å²) in [5.74, 6) is -0.607. The Kier molecular flexibility index (Phi) is 9.67. The Morgan fingerprint density at radius 3 is 2.26 bits per heavy atom. The minimum absolute atomic E-state index is 0.0382. The summed E-state index contributed by atoms with van der Waals surface area (Å²) in [4.78, 5) is 28.4. The second-order valence-electron chi connectivity index (χ2n) is 8.41. The molecular weight excluding hydrogens is 467 g/mol. The molecule has 0 unspecified atom stereocenters. The highest BCUT2D eigenvalue weighted by molar-refractivity contribution is 6.30. The number of halogens is 2. The zero-order valence-corrected chi connectivity index (χ0v) is 20.7. The number of rotatable bonds is 11. The molecule has 1 N–H and O–H groups in total. The van der Waals surface area contributed by atoms with E-state index >= 15 is 0 Å². The van der Waals surface area contributed by atoms with Gasteiger partial charge in [-0.2, -0.15) is 0 Å². The first kappa shape index (κ1) is 26.2. The van der Waals surface area contributed by atoms with Gasteiger partial charge in [0.25, 0.3) is 5.91 Å². The van der Waals surface area contributed by atoms with Crippen molar-refractivity contribution >= 4 is 23.4 Å². The minimum atomic E-state index is -0.758. The standard InChI is InChI=1S/C28H30ClFN2O3/c1-3-20(2)31-28(34)26(17-21-7-5-4-6-8-21)32(18-22-9-11-23(29)12-10-22)27(33)19-35-25-15-13-24(30)14-16-25/h4-16,20,26H,3,17-19H2,1-2H3,(H,31,34)/t20-,26+/m1/s1. The molecule has 3 aromatic carbocycles. The van der Waals surface area contributed by atoms with E-state index in [-0.39, 0.29) is 31.0 Å². The smallest absolute Gasteiger partial charge is 0.261 e. The average Bonchev–Trinajstić information content (AvgIpc) is 2.87. The molecule has 3 rings (SSSR count). The molecule has 0 bridgehead atoms. The molecule has 0 radical (unpaired) electrons. The lowest BCUT2D eigenvalue weighted by atomic mass is 10.0. The second kappa shape index (κ2) is 12.9. The van der Waals surface area contributed by atoms with Gasteiger partial charge in [0, 0.05) is 24.0 Å². The predicted octanol–water partition coefficient (Wildman–Crippen LogP) is 5.41. The number of carbonyl (C=O) groups is 2. The number of amides is 2. The molecule has 0 aliphatic carbocycles. The van der Waals surface area contributed by atoms with Gasteiger partial charge in [-0.3, -0.25) is 9.59 Å². The molecule has 35 heavy (non-hydrogen) atoms. The first-order valence-electron chi connectivity index (χ1n) is 11.6. The zero-order valence-electron chi connectivity index (χ0n) is 19.9. The predicted molar refractivity (Wildman–Crippen MR) is 136 cm³/mol. The van der Waals surface area contributed by atoms with E-state index in [1.165, 1.54) is 29.2 Å². The fourth-order valence-corrected chi connectivity index (χ4v) is 3.67. The molecule has 184 valence electrons. The first-order valence-corrected chi connectivity index (χ1v) is 12.0. The second-order valence-corrected chi connectivity index (χ2v) is 8.85. The Bertz CT molecular complexity index is 1090. The van der Waals surface area contributed by atoms with Crippen molar-refractivity contribution < 1.29 is 18.7 Å². The van der Waals surface area contributed by atoms with E-state index in [9.17, 15) is 14.0 Å². The number of nitrogens with zero attached hydrogens (tertiary/aromatic N) is 1. The van der Waals surface area contributed by atoms with Crippen molar-refractivity contribution in [2.75, 3.05) is 6.61 Å².